The van der Waals surface area contributed by atoms with Gasteiger partial charge in [0, 0.05) is 63.3 Å². The minimum atomic E-state index is -0.0620. The van der Waals surface area contributed by atoms with E-state index in [-0.39, 0.29) is 17.5 Å². The molecule has 0 radical (unpaired) electrons. The van der Waals surface area contributed by atoms with Crippen LogP contribution in [0.1, 0.15) is 31.2 Å². The van der Waals surface area contributed by atoms with Crippen LogP contribution >= 0.6 is 23.8 Å². The zero-order valence-electron chi connectivity index (χ0n) is 17.3. The van der Waals surface area contributed by atoms with Crippen molar-refractivity contribution in [2.45, 2.75) is 25.7 Å². The first-order valence-electron chi connectivity index (χ1n) is 10.4. The van der Waals surface area contributed by atoms with Gasteiger partial charge >= 0.3 is 0 Å². The Morgan fingerprint density at radius 3 is 2.60 bits per heavy atom. The van der Waals surface area contributed by atoms with Crippen molar-refractivity contribution in [3.8, 4) is 0 Å². The van der Waals surface area contributed by atoms with Crippen LogP contribution in [-0.2, 0) is 4.79 Å². The highest BCUT2D eigenvalue weighted by atomic mass is 35.5. The standard InChI is InChI=1S/C22H29ClN4O2S/c1-2-25-22(30)27-11-9-26(10-12-27)8-7-24-15-19-20(28)13-17(14-21(19)29)16-3-5-18(23)6-4-16/h3-6,15,17,28H,2,7-14H2,1H3,(H,25,30). The maximum absolute atomic E-state index is 12.5. The maximum Gasteiger partial charge on any atom is 0.169 e. The summed E-state index contributed by atoms with van der Waals surface area (Å²) in [6.07, 6.45) is 2.37. The molecule has 1 heterocycles. The van der Waals surface area contributed by atoms with Gasteiger partial charge in [-0.3, -0.25) is 14.7 Å². The molecule has 0 saturated carbocycles. The lowest BCUT2D eigenvalue weighted by atomic mass is 9.83. The number of Topliss-reactive ketones (excluding diaryl/α,β-unsaturated/α-hetero) is 1. The summed E-state index contributed by atoms with van der Waals surface area (Å²) in [5.41, 5.74) is 1.36. The Morgan fingerprint density at radius 2 is 1.97 bits per heavy atom. The molecule has 1 fully saturated rings. The van der Waals surface area contributed by atoms with Gasteiger partial charge < -0.3 is 15.3 Å². The van der Waals surface area contributed by atoms with Crippen LogP contribution in [0.4, 0.5) is 0 Å². The van der Waals surface area contributed by atoms with Crippen LogP contribution in [-0.4, -0.2) is 77.8 Å². The number of ketones is 1. The number of aliphatic hydroxyl groups excluding tert-OH is 1. The summed E-state index contributed by atoms with van der Waals surface area (Å²) in [5, 5.41) is 15.1. The lowest BCUT2D eigenvalue weighted by Gasteiger charge is -2.35. The number of piperazine rings is 1. The number of aliphatic imine (C=N–C) groups is 1. The predicted octanol–water partition coefficient (Wildman–Crippen LogP) is 3.18. The number of carbonyl (C=O) groups is 1. The lowest BCUT2D eigenvalue weighted by molar-refractivity contribution is -0.116. The number of aliphatic hydroxyl groups is 1. The summed E-state index contributed by atoms with van der Waals surface area (Å²) >= 11 is 11.3. The number of thiocarbonyl (C=S) groups is 1. The molecule has 8 heteroatoms. The van der Waals surface area contributed by atoms with E-state index in [1.165, 1.54) is 0 Å². The number of hydrogen-bond donors (Lipinski definition) is 2. The number of benzene rings is 1. The molecule has 0 amide bonds. The summed E-state index contributed by atoms with van der Waals surface area (Å²) in [4.78, 5) is 21.5. The Balaban J connectivity index is 1.47. The van der Waals surface area contributed by atoms with Crippen molar-refractivity contribution < 1.29 is 9.90 Å². The van der Waals surface area contributed by atoms with Gasteiger partial charge in [0.05, 0.1) is 12.1 Å². The molecule has 2 aliphatic rings. The molecule has 1 aromatic rings. The highest BCUT2D eigenvalue weighted by molar-refractivity contribution is 7.80. The second kappa shape index (κ2) is 10.9. The van der Waals surface area contributed by atoms with Crippen molar-refractivity contribution in [2.24, 2.45) is 4.99 Å². The average Bonchev–Trinajstić information content (AvgIpc) is 2.73. The van der Waals surface area contributed by atoms with Gasteiger partial charge in [-0.15, -0.1) is 0 Å². The van der Waals surface area contributed by atoms with E-state index >= 15 is 0 Å². The first-order chi connectivity index (χ1) is 14.5. The summed E-state index contributed by atoms with van der Waals surface area (Å²) < 4.78 is 0. The second-order valence-electron chi connectivity index (χ2n) is 7.64. The van der Waals surface area contributed by atoms with Crippen LogP contribution in [0.15, 0.2) is 40.6 Å². The number of hydrogen-bond acceptors (Lipinski definition) is 5. The van der Waals surface area contributed by atoms with Crippen LogP contribution < -0.4 is 5.32 Å². The predicted molar refractivity (Wildman–Crippen MR) is 126 cm³/mol. The molecule has 0 aromatic heterocycles. The van der Waals surface area contributed by atoms with E-state index in [0.717, 1.165) is 49.9 Å². The molecule has 1 saturated heterocycles. The van der Waals surface area contributed by atoms with Gasteiger partial charge in [0.2, 0.25) is 0 Å². The molecule has 162 valence electrons. The number of rotatable bonds is 6. The zero-order valence-corrected chi connectivity index (χ0v) is 18.9. The number of allylic oxidation sites excluding steroid dienone is 2. The van der Waals surface area contributed by atoms with Crippen molar-refractivity contribution in [3.63, 3.8) is 0 Å². The minimum absolute atomic E-state index is 0.0171. The average molecular weight is 449 g/mol. The van der Waals surface area contributed by atoms with Crippen LogP contribution in [0.25, 0.3) is 0 Å². The highest BCUT2D eigenvalue weighted by Crippen LogP contribution is 2.33. The molecular weight excluding hydrogens is 420 g/mol. The fourth-order valence-corrected chi connectivity index (χ4v) is 4.27. The Morgan fingerprint density at radius 1 is 1.27 bits per heavy atom. The molecule has 1 aliphatic heterocycles. The summed E-state index contributed by atoms with van der Waals surface area (Å²) in [5.74, 6) is 0.0463. The van der Waals surface area contributed by atoms with Crippen molar-refractivity contribution in [3.05, 3.63) is 46.2 Å². The van der Waals surface area contributed by atoms with Gasteiger partial charge in [-0.1, -0.05) is 23.7 Å². The molecule has 1 unspecified atom stereocenters. The summed E-state index contributed by atoms with van der Waals surface area (Å²) in [6.45, 7) is 8.01. The van der Waals surface area contributed by atoms with E-state index in [1.54, 1.807) is 6.21 Å². The third-order valence-electron chi connectivity index (χ3n) is 5.58. The van der Waals surface area contributed by atoms with Crippen molar-refractivity contribution in [1.29, 1.82) is 0 Å². The summed E-state index contributed by atoms with van der Waals surface area (Å²) in [7, 11) is 0. The van der Waals surface area contributed by atoms with Gasteiger partial charge in [0.25, 0.3) is 0 Å². The third-order valence-corrected chi connectivity index (χ3v) is 6.23. The number of nitrogens with zero attached hydrogens (tertiary/aromatic N) is 3. The zero-order chi connectivity index (χ0) is 21.5. The molecular formula is C22H29ClN4O2S. The van der Waals surface area contributed by atoms with E-state index < -0.39 is 0 Å². The molecule has 30 heavy (non-hydrogen) atoms. The number of carbonyl (C=O) groups excluding carboxylic acids is 1. The van der Waals surface area contributed by atoms with Crippen molar-refractivity contribution >= 4 is 40.9 Å². The van der Waals surface area contributed by atoms with Crippen molar-refractivity contribution in [1.82, 2.24) is 15.1 Å². The largest absolute Gasteiger partial charge is 0.511 e. The normalized spacial score (nSPS) is 20.8. The molecule has 2 N–H and O–H groups in total. The Hall–Kier alpha value is -1.96. The molecule has 3 rings (SSSR count). The molecule has 0 spiro atoms. The van der Waals surface area contributed by atoms with Gasteiger partial charge in [0.1, 0.15) is 5.76 Å². The van der Waals surface area contributed by atoms with Crippen LogP contribution in [0.3, 0.4) is 0 Å². The van der Waals surface area contributed by atoms with Gasteiger partial charge in [0.15, 0.2) is 10.9 Å². The molecule has 1 atom stereocenters. The smallest absolute Gasteiger partial charge is 0.169 e. The van der Waals surface area contributed by atoms with Crippen LogP contribution in [0.5, 0.6) is 0 Å². The van der Waals surface area contributed by atoms with Crippen molar-refractivity contribution in [2.75, 3.05) is 45.8 Å². The Bertz CT molecular complexity index is 817. The van der Waals surface area contributed by atoms with Gasteiger partial charge in [-0.2, -0.15) is 0 Å². The first kappa shape index (κ1) is 22.7. The van der Waals surface area contributed by atoms with Crippen LogP contribution in [0, 0.1) is 0 Å². The van der Waals surface area contributed by atoms with Gasteiger partial charge in [-0.25, -0.2) is 0 Å². The minimum Gasteiger partial charge on any atom is -0.511 e. The molecule has 0 bridgehead atoms. The molecule has 1 aliphatic carbocycles. The third kappa shape index (κ3) is 6.03. The van der Waals surface area contributed by atoms with Gasteiger partial charge in [-0.05, 0) is 42.8 Å². The SMILES string of the molecule is CCNC(=S)N1CCN(CCN=CC2=C(O)CC(c3ccc(Cl)cc3)CC2=O)CC1. The first-order valence-corrected chi connectivity index (χ1v) is 11.2. The summed E-state index contributed by atoms with van der Waals surface area (Å²) in [6, 6.07) is 7.45. The quantitative estimate of drug-likeness (QED) is 0.514. The van der Waals surface area contributed by atoms with E-state index in [2.05, 4.69) is 20.1 Å². The fraction of sp³-hybridized carbons (Fsp3) is 0.500. The van der Waals surface area contributed by atoms with E-state index in [1.807, 2.05) is 31.2 Å². The number of halogens is 1. The molecule has 1 aromatic carbocycles. The Labute approximate surface area is 188 Å². The topological polar surface area (TPSA) is 68.2 Å². The van der Waals surface area contributed by atoms with E-state index in [4.69, 9.17) is 23.8 Å². The monoisotopic (exact) mass is 448 g/mol. The van der Waals surface area contributed by atoms with E-state index in [9.17, 15) is 9.90 Å². The molecule has 6 nitrogen and oxygen atoms in total. The van der Waals surface area contributed by atoms with Crippen LogP contribution in [0.2, 0.25) is 5.02 Å². The Kier molecular flexibility index (Phi) is 8.24. The fourth-order valence-electron chi connectivity index (χ4n) is 3.82. The highest BCUT2D eigenvalue weighted by Gasteiger charge is 2.27. The lowest BCUT2D eigenvalue weighted by Crippen LogP contribution is -2.52. The maximum atomic E-state index is 12.5. The second-order valence-corrected chi connectivity index (χ2v) is 8.46. The number of nitrogens with one attached hydrogen (secondary N) is 1. The van der Waals surface area contributed by atoms with E-state index in [0.29, 0.717) is 30.0 Å².